The molecular formula is C52H64BI2N6O4-. The van der Waals surface area contributed by atoms with Crippen LogP contribution < -0.4 is 30.5 Å². The van der Waals surface area contributed by atoms with Gasteiger partial charge in [-0.1, -0.05) is 62.3 Å². The molecule has 3 aliphatic rings. The number of benzene rings is 3. The number of alkyl halides is 2. The van der Waals surface area contributed by atoms with Crippen molar-refractivity contribution in [3.8, 4) is 33.8 Å². The Balaban J connectivity index is 0.000000142. The maximum atomic E-state index is 5.72. The summed E-state index contributed by atoms with van der Waals surface area (Å²) in [4.78, 5) is 19.1. The summed E-state index contributed by atoms with van der Waals surface area (Å²) >= 11 is 2.96. The molecule has 0 unspecified atom stereocenters. The number of hydrogen-bond donors (Lipinski definition) is 2. The molecule has 4 aromatic heterocycles. The van der Waals surface area contributed by atoms with Gasteiger partial charge in [0.2, 0.25) is 0 Å². The van der Waals surface area contributed by atoms with Crippen LogP contribution in [0.3, 0.4) is 0 Å². The largest absolute Gasteiger partial charge is 0.361 e. The standard InChI is InChI=1S/C21H25N3O.C15H14IN3O.C12H15BO2.C4H10I/c1-5-7-14(6-2)17-10-16(19-12(3)24-25-13(19)4)11-18-20(17)23-21(22-18)15-8-9-15;1-7-13(8(2)20-19-7)10-5-11(16)14-12(6-10)17-15(18-14)9-3-4-9;1-3-7-10(4-2)13-14-11-8-5-6-9-12(11)15-13;1-3-4-5-2/h7,10-11,15H,5-6,8-9H2,1-4H3,(H,22,23);5-6,9H,3-4H2,1-2H3,(H,17,18);5-9H,3-4H2,1-2H3;3-4H2,1-2H3/q;;;-1/b14-7+;;10-7+;. The van der Waals surface area contributed by atoms with Crippen LogP contribution in [0, 0.1) is 31.3 Å². The third-order valence-electron chi connectivity index (χ3n) is 11.8. The van der Waals surface area contributed by atoms with Gasteiger partial charge in [-0.2, -0.15) is 0 Å². The van der Waals surface area contributed by atoms with Gasteiger partial charge in [0.1, 0.15) is 40.2 Å². The summed E-state index contributed by atoms with van der Waals surface area (Å²) in [6.07, 6.45) is 14.9. The molecule has 2 N–H and O–H groups in total. The van der Waals surface area contributed by atoms with Crippen LogP contribution >= 0.6 is 22.6 Å². The van der Waals surface area contributed by atoms with Crippen LogP contribution in [0.1, 0.15) is 144 Å². The van der Waals surface area contributed by atoms with Gasteiger partial charge in [0.25, 0.3) is 0 Å². The number of aromatic nitrogens is 6. The van der Waals surface area contributed by atoms with E-state index in [1.165, 1.54) is 56.7 Å². The second-order valence-corrected chi connectivity index (χ2v) is 20.7. The van der Waals surface area contributed by atoms with Gasteiger partial charge in [0, 0.05) is 32.1 Å². The van der Waals surface area contributed by atoms with E-state index in [-0.39, 0.29) is 7.12 Å². The average molecular weight is 1100 g/mol. The summed E-state index contributed by atoms with van der Waals surface area (Å²) in [7, 11) is -0.215. The Morgan fingerprint density at radius 1 is 0.723 bits per heavy atom. The van der Waals surface area contributed by atoms with Crippen molar-refractivity contribution in [1.82, 2.24) is 30.2 Å². The van der Waals surface area contributed by atoms with E-state index < -0.39 is 0 Å². The zero-order valence-corrected chi connectivity index (χ0v) is 44.1. The molecule has 10 nitrogen and oxygen atoms in total. The predicted octanol–water partition coefficient (Wildman–Crippen LogP) is 11.6. The number of rotatable bonds is 12. The van der Waals surface area contributed by atoms with Crippen LogP contribution in [0.2, 0.25) is 0 Å². The van der Waals surface area contributed by atoms with Crippen LogP contribution in [0.25, 0.3) is 49.9 Å². The Morgan fingerprint density at radius 2 is 1.25 bits per heavy atom. The first-order valence-corrected chi connectivity index (χ1v) is 28.1. The fourth-order valence-electron chi connectivity index (χ4n) is 8.26. The SMILES string of the molecule is CC/C=C(\CC)B1Oc2ccccc2O1.CC/C=C(\CC)c1cc(-c2c(C)noc2C)cc2[nH]c(C3CC3)nc12.CCC[I-]C.Cc1noc(C)c1-c1cc(I)c2nc(C3CC3)[nH]c2c1. The minimum absolute atomic E-state index is 0.215. The maximum absolute atomic E-state index is 5.72. The molecule has 0 saturated heterocycles. The number of H-pyrrole nitrogens is 2. The summed E-state index contributed by atoms with van der Waals surface area (Å²) in [5.41, 5.74) is 14.5. The molecule has 1 aliphatic heterocycles. The number of para-hydroxylation sites is 2. The minimum atomic E-state index is -0.215. The van der Waals surface area contributed by atoms with Gasteiger partial charge in [0.15, 0.2) is 0 Å². The zero-order chi connectivity index (χ0) is 46.2. The van der Waals surface area contributed by atoms with Crippen molar-refractivity contribution in [3.63, 3.8) is 0 Å². The topological polar surface area (TPSA) is 128 Å². The van der Waals surface area contributed by atoms with Crippen LogP contribution in [-0.2, 0) is 0 Å². The summed E-state index contributed by atoms with van der Waals surface area (Å²) < 4.78 is 24.8. The zero-order valence-electron chi connectivity index (χ0n) is 39.8. The molecule has 13 heteroatoms. The number of halogens is 2. The van der Waals surface area contributed by atoms with Crippen molar-refractivity contribution in [1.29, 1.82) is 0 Å². The number of fused-ring (bicyclic) bond motifs is 3. The van der Waals surface area contributed by atoms with Crippen molar-refractivity contribution in [2.24, 2.45) is 0 Å². The molecule has 2 saturated carbocycles. The van der Waals surface area contributed by atoms with Crippen LogP contribution in [0.15, 0.2) is 75.2 Å². The van der Waals surface area contributed by atoms with Gasteiger partial charge in [0.05, 0.1) is 27.9 Å². The Bertz CT molecular complexity index is 2710. The van der Waals surface area contributed by atoms with E-state index in [1.54, 1.807) is 0 Å². The number of aromatic amines is 2. The fraction of sp³-hybridized carbons (Fsp3) is 0.423. The smallest absolute Gasteiger partial charge is 0.141 e. The quantitative estimate of drug-likeness (QED) is 0.0703. The van der Waals surface area contributed by atoms with E-state index in [0.29, 0.717) is 33.0 Å². The first kappa shape index (κ1) is 48.6. The molecule has 344 valence electrons. The van der Waals surface area contributed by atoms with Crippen LogP contribution in [0.5, 0.6) is 11.5 Å². The Hall–Kier alpha value is -4.38. The van der Waals surface area contributed by atoms with E-state index in [0.717, 1.165) is 116 Å². The summed E-state index contributed by atoms with van der Waals surface area (Å²) in [5, 5.41) is 8.17. The molecule has 2 aliphatic carbocycles. The fourth-order valence-corrected chi connectivity index (χ4v) is 10.1. The normalized spacial score (nSPS) is 14.6. The minimum Gasteiger partial charge on any atom is -0.361 e. The summed E-state index contributed by atoms with van der Waals surface area (Å²) in [5.74, 6) is 6.94. The monoisotopic (exact) mass is 1100 g/mol. The van der Waals surface area contributed by atoms with Gasteiger partial charge in [-0.3, -0.25) is 0 Å². The molecule has 65 heavy (non-hydrogen) atoms. The summed E-state index contributed by atoms with van der Waals surface area (Å²) in [6, 6.07) is 16.6. The Kier molecular flexibility index (Phi) is 16.7. The number of allylic oxidation sites excluding steroid dienone is 4. The third-order valence-corrected chi connectivity index (χ3v) is 14.8. The maximum Gasteiger partial charge on any atom is 0.141 e. The van der Waals surface area contributed by atoms with Crippen LogP contribution in [0.4, 0.5) is 0 Å². The van der Waals surface area contributed by atoms with Gasteiger partial charge in [-0.05, 0) is 160 Å². The van der Waals surface area contributed by atoms with E-state index in [2.05, 4.69) is 119 Å². The molecule has 0 spiro atoms. The van der Waals surface area contributed by atoms with Gasteiger partial charge >= 0.3 is 51.0 Å². The van der Waals surface area contributed by atoms with Crippen molar-refractivity contribution in [2.45, 2.75) is 132 Å². The Morgan fingerprint density at radius 3 is 1.68 bits per heavy atom. The molecular weight excluding hydrogens is 1040 g/mol. The molecule has 10 rings (SSSR count). The molecule has 7 aromatic rings. The number of nitrogens with one attached hydrogen (secondary N) is 2. The van der Waals surface area contributed by atoms with E-state index in [1.807, 2.05) is 52.0 Å². The van der Waals surface area contributed by atoms with Crippen molar-refractivity contribution < 1.29 is 39.6 Å². The molecule has 0 radical (unpaired) electrons. The van der Waals surface area contributed by atoms with Crippen molar-refractivity contribution in [3.05, 3.63) is 110 Å². The van der Waals surface area contributed by atoms with Gasteiger partial charge in [-0.15, -0.1) is 0 Å². The second-order valence-electron chi connectivity index (χ2n) is 17.0. The van der Waals surface area contributed by atoms with Crippen LogP contribution in [-0.4, -0.2) is 46.7 Å². The van der Waals surface area contributed by atoms with Gasteiger partial charge < -0.3 is 28.3 Å². The number of imidazole rings is 2. The van der Waals surface area contributed by atoms with E-state index >= 15 is 0 Å². The first-order chi connectivity index (χ1) is 31.5. The number of hydrogen-bond acceptors (Lipinski definition) is 8. The third kappa shape index (κ3) is 11.6. The average Bonchev–Trinajstić information content (AvgIpc) is 4.11. The van der Waals surface area contributed by atoms with E-state index in [9.17, 15) is 0 Å². The van der Waals surface area contributed by atoms with Crippen molar-refractivity contribution >= 4 is 57.3 Å². The predicted molar refractivity (Wildman–Crippen MR) is 271 cm³/mol. The molecule has 5 heterocycles. The molecule has 0 amide bonds. The molecule has 2 fully saturated rings. The molecule has 3 aromatic carbocycles. The van der Waals surface area contributed by atoms with E-state index in [4.69, 9.17) is 28.3 Å². The molecule has 0 bridgehead atoms. The van der Waals surface area contributed by atoms with Crippen molar-refractivity contribution in [2.75, 3.05) is 9.36 Å². The second kappa shape index (κ2) is 22.4. The Labute approximate surface area is 409 Å². The molecule has 0 atom stereocenters. The first-order valence-electron chi connectivity index (χ1n) is 23.4. The summed E-state index contributed by atoms with van der Waals surface area (Å²) in [6.45, 7) is 18.8. The number of aryl methyl sites for hydroxylation is 4. The number of nitrogens with zero attached hydrogens (tertiary/aromatic N) is 4. The van der Waals surface area contributed by atoms with Gasteiger partial charge in [-0.25, -0.2) is 9.97 Å².